The maximum Gasteiger partial charge on any atom is 0.285 e. The van der Waals surface area contributed by atoms with E-state index in [1.54, 1.807) is 12.1 Å². The minimum absolute atomic E-state index is 0.214. The number of carbonyl (C=O) groups is 2. The highest BCUT2D eigenvalue weighted by Crippen LogP contribution is 2.37. The first-order valence-corrected chi connectivity index (χ1v) is 8.38. The third kappa shape index (κ3) is 3.05. The summed E-state index contributed by atoms with van der Waals surface area (Å²) in [4.78, 5) is 29.2. The zero-order chi connectivity index (χ0) is 15.5. The van der Waals surface area contributed by atoms with Gasteiger partial charge in [-0.15, -0.1) is 0 Å². The van der Waals surface area contributed by atoms with Crippen molar-refractivity contribution in [3.63, 3.8) is 0 Å². The van der Waals surface area contributed by atoms with Gasteiger partial charge >= 0.3 is 0 Å². The topological polar surface area (TPSA) is 62.3 Å². The second-order valence-electron chi connectivity index (χ2n) is 5.18. The Balaban J connectivity index is 1.76. The number of thioether (sulfide) groups is 1. The van der Waals surface area contributed by atoms with Crippen LogP contribution < -0.4 is 5.43 Å². The van der Waals surface area contributed by atoms with Crippen LogP contribution in [-0.2, 0) is 4.79 Å². The van der Waals surface area contributed by atoms with Gasteiger partial charge in [0.25, 0.3) is 11.8 Å². The molecule has 1 aromatic rings. The second-order valence-corrected chi connectivity index (χ2v) is 6.82. The molecule has 1 aromatic heterocycles. The Morgan fingerprint density at radius 1 is 1.23 bits per heavy atom. The number of hydrogen-bond acceptors (Lipinski definition) is 5. The Kier molecular flexibility index (Phi) is 4.54. The van der Waals surface area contributed by atoms with Gasteiger partial charge in [-0.1, -0.05) is 23.8 Å². The zero-order valence-corrected chi connectivity index (χ0v) is 13.5. The number of nitrogens with one attached hydrogen (secondary N) is 1. The lowest BCUT2D eigenvalue weighted by atomic mass is 9.94. The van der Waals surface area contributed by atoms with E-state index in [1.165, 1.54) is 41.2 Å². The largest absolute Gasteiger partial charge is 0.285 e. The molecule has 0 aromatic carbocycles. The number of carbonyl (C=O) groups excluding carboxylic acids is 2. The molecular weight excluding hydrogens is 318 g/mol. The molecular formula is C15H15N3O2S2. The normalized spacial score (nSPS) is 18.8. The van der Waals surface area contributed by atoms with Crippen LogP contribution in [0, 0.1) is 0 Å². The van der Waals surface area contributed by atoms with Crippen LogP contribution >= 0.6 is 24.0 Å². The fourth-order valence-electron chi connectivity index (χ4n) is 2.56. The molecule has 0 spiro atoms. The summed E-state index contributed by atoms with van der Waals surface area (Å²) < 4.78 is 0.375. The molecule has 2 amide bonds. The summed E-state index contributed by atoms with van der Waals surface area (Å²) in [6.45, 7) is 0. The summed E-state index contributed by atoms with van der Waals surface area (Å²) in [6.07, 6.45) is 8.40. The van der Waals surface area contributed by atoms with Gasteiger partial charge in [-0.2, -0.15) is 5.01 Å². The predicted molar refractivity (Wildman–Crippen MR) is 88.8 cm³/mol. The van der Waals surface area contributed by atoms with Gasteiger partial charge in [0.05, 0.1) is 4.91 Å². The summed E-state index contributed by atoms with van der Waals surface area (Å²) in [6, 6.07) is 3.18. The number of thiocarbonyl (C=S) groups is 1. The Morgan fingerprint density at radius 3 is 2.59 bits per heavy atom. The molecule has 22 heavy (non-hydrogen) atoms. The van der Waals surface area contributed by atoms with Crippen molar-refractivity contribution in [2.75, 3.05) is 0 Å². The van der Waals surface area contributed by atoms with E-state index in [2.05, 4.69) is 10.4 Å². The van der Waals surface area contributed by atoms with E-state index < -0.39 is 0 Å². The molecule has 0 atom stereocenters. The summed E-state index contributed by atoms with van der Waals surface area (Å²) in [5.74, 6) is -0.581. The molecule has 1 N–H and O–H groups in total. The van der Waals surface area contributed by atoms with Crippen molar-refractivity contribution in [3.05, 3.63) is 40.6 Å². The molecule has 114 valence electrons. The number of amides is 2. The zero-order valence-electron chi connectivity index (χ0n) is 11.9. The maximum atomic E-state index is 12.5. The van der Waals surface area contributed by atoms with Crippen LogP contribution in [-0.4, -0.2) is 26.1 Å². The summed E-state index contributed by atoms with van der Waals surface area (Å²) in [7, 11) is 0. The highest BCUT2D eigenvalue weighted by Gasteiger charge is 2.35. The fourth-order valence-corrected chi connectivity index (χ4v) is 3.86. The highest BCUT2D eigenvalue weighted by atomic mass is 32.2. The van der Waals surface area contributed by atoms with Crippen molar-refractivity contribution in [1.29, 1.82) is 0 Å². The quantitative estimate of drug-likeness (QED) is 0.666. The molecule has 0 unspecified atom stereocenters. The maximum absolute atomic E-state index is 12.5. The first-order valence-electron chi connectivity index (χ1n) is 7.16. The second kappa shape index (κ2) is 6.58. The number of nitrogens with zero attached hydrogens (tertiary/aromatic N) is 2. The van der Waals surface area contributed by atoms with Crippen LogP contribution in [0.3, 0.4) is 0 Å². The van der Waals surface area contributed by atoms with Crippen molar-refractivity contribution in [1.82, 2.24) is 15.4 Å². The molecule has 7 heteroatoms. The van der Waals surface area contributed by atoms with E-state index in [4.69, 9.17) is 12.2 Å². The number of rotatable bonds is 2. The Morgan fingerprint density at radius 2 is 1.91 bits per heavy atom. The Bertz CT molecular complexity index is 650. The minimum atomic E-state index is -0.367. The van der Waals surface area contributed by atoms with E-state index in [0.29, 0.717) is 14.8 Å². The van der Waals surface area contributed by atoms with Gasteiger partial charge in [0.1, 0.15) is 0 Å². The van der Waals surface area contributed by atoms with Gasteiger partial charge in [0, 0.05) is 18.0 Å². The van der Waals surface area contributed by atoms with E-state index >= 15 is 0 Å². The Labute approximate surface area is 138 Å². The third-order valence-electron chi connectivity index (χ3n) is 3.70. The van der Waals surface area contributed by atoms with Gasteiger partial charge < -0.3 is 0 Å². The molecule has 1 saturated heterocycles. The molecule has 1 aliphatic carbocycles. The average molecular weight is 333 g/mol. The first-order chi connectivity index (χ1) is 10.7. The number of aromatic nitrogens is 1. The molecule has 2 fully saturated rings. The van der Waals surface area contributed by atoms with Crippen molar-refractivity contribution < 1.29 is 9.59 Å². The van der Waals surface area contributed by atoms with Crippen LogP contribution in [0.25, 0.3) is 0 Å². The van der Waals surface area contributed by atoms with E-state index in [9.17, 15) is 9.59 Å². The molecule has 1 aliphatic heterocycles. The average Bonchev–Trinajstić information content (AvgIpc) is 2.84. The van der Waals surface area contributed by atoms with Crippen LogP contribution in [0.1, 0.15) is 42.5 Å². The molecule has 0 bridgehead atoms. The first kappa shape index (κ1) is 15.2. The van der Waals surface area contributed by atoms with Gasteiger partial charge in [0.2, 0.25) is 0 Å². The van der Waals surface area contributed by atoms with Crippen molar-refractivity contribution in [3.8, 4) is 0 Å². The molecule has 5 nitrogen and oxygen atoms in total. The minimum Gasteiger partial charge on any atom is -0.267 e. The Hall–Kier alpha value is -1.73. The SMILES string of the molecule is O=C(NN1C(=O)C(=C2CCCCC2)SC1=S)c1ccncc1. The third-order valence-corrected chi connectivity index (χ3v) is 5.16. The number of allylic oxidation sites excluding steroid dienone is 1. The summed E-state index contributed by atoms with van der Waals surface area (Å²) in [5.41, 5.74) is 4.19. The van der Waals surface area contributed by atoms with Crippen molar-refractivity contribution in [2.45, 2.75) is 32.1 Å². The monoisotopic (exact) mass is 333 g/mol. The van der Waals surface area contributed by atoms with Crippen molar-refractivity contribution in [2.24, 2.45) is 0 Å². The molecule has 3 rings (SSSR count). The molecule has 2 aliphatic rings. The van der Waals surface area contributed by atoms with Gasteiger partial charge in [-0.25, -0.2) is 0 Å². The fraction of sp³-hybridized carbons (Fsp3) is 0.333. The lowest BCUT2D eigenvalue weighted by molar-refractivity contribution is -0.123. The van der Waals surface area contributed by atoms with E-state index in [1.807, 2.05) is 0 Å². The number of hydrogen-bond donors (Lipinski definition) is 1. The van der Waals surface area contributed by atoms with Crippen molar-refractivity contribution >= 4 is 40.1 Å². The van der Waals surface area contributed by atoms with Crippen LogP contribution in [0.5, 0.6) is 0 Å². The smallest absolute Gasteiger partial charge is 0.267 e. The van der Waals surface area contributed by atoms with Gasteiger partial charge in [-0.3, -0.25) is 20.0 Å². The summed E-state index contributed by atoms with van der Waals surface area (Å²) in [5, 5.41) is 1.18. The predicted octanol–water partition coefficient (Wildman–Crippen LogP) is 2.80. The van der Waals surface area contributed by atoms with E-state index in [-0.39, 0.29) is 11.8 Å². The molecule has 2 heterocycles. The van der Waals surface area contributed by atoms with Gasteiger partial charge in [0.15, 0.2) is 4.32 Å². The highest BCUT2D eigenvalue weighted by molar-refractivity contribution is 8.26. The van der Waals surface area contributed by atoms with E-state index in [0.717, 1.165) is 25.7 Å². The standard InChI is InChI=1S/C15H15N3O2S2/c19-13(11-6-8-16-9-7-11)17-18-14(20)12(22-15(18)21)10-4-2-1-3-5-10/h6-9H,1-5H2,(H,17,19). The number of hydrazine groups is 1. The number of pyridine rings is 1. The molecule has 1 saturated carbocycles. The molecule has 0 radical (unpaired) electrons. The summed E-state index contributed by atoms with van der Waals surface area (Å²) >= 11 is 6.52. The van der Waals surface area contributed by atoms with Crippen LogP contribution in [0.4, 0.5) is 0 Å². The van der Waals surface area contributed by atoms with Crippen LogP contribution in [0.2, 0.25) is 0 Å². The lowest BCUT2D eigenvalue weighted by Gasteiger charge is -2.17. The van der Waals surface area contributed by atoms with Gasteiger partial charge in [-0.05, 0) is 50.0 Å². The van der Waals surface area contributed by atoms with Crippen LogP contribution in [0.15, 0.2) is 35.0 Å². The lowest BCUT2D eigenvalue weighted by Crippen LogP contribution is -2.44.